The molecule has 1 atom stereocenters. The first-order chi connectivity index (χ1) is 10.9. The van der Waals surface area contributed by atoms with Crippen molar-refractivity contribution >= 4 is 29.9 Å². The first kappa shape index (κ1) is 23.1. The molecule has 1 heterocycles. The van der Waals surface area contributed by atoms with Gasteiger partial charge in [-0.2, -0.15) is 0 Å². The Bertz CT molecular complexity index is 483. The van der Waals surface area contributed by atoms with Crippen molar-refractivity contribution in [1.29, 1.82) is 0 Å². The SMILES string of the molecule is CCNC(=NCC(OC)C(C)(C)C)NCCn1cnnc1CC.I. The van der Waals surface area contributed by atoms with E-state index in [1.165, 1.54) is 0 Å². The molecule has 2 N–H and O–H groups in total. The molecule has 0 fully saturated rings. The molecule has 0 aliphatic carbocycles. The Morgan fingerprint density at radius 3 is 2.58 bits per heavy atom. The second kappa shape index (κ2) is 11.6. The van der Waals surface area contributed by atoms with E-state index in [1.54, 1.807) is 13.4 Å². The summed E-state index contributed by atoms with van der Waals surface area (Å²) in [5, 5.41) is 14.6. The van der Waals surface area contributed by atoms with Crippen LogP contribution < -0.4 is 10.6 Å². The summed E-state index contributed by atoms with van der Waals surface area (Å²) in [6, 6.07) is 0. The van der Waals surface area contributed by atoms with Crippen molar-refractivity contribution in [2.75, 3.05) is 26.7 Å². The maximum absolute atomic E-state index is 5.55. The van der Waals surface area contributed by atoms with Gasteiger partial charge < -0.3 is 19.9 Å². The summed E-state index contributed by atoms with van der Waals surface area (Å²) in [5.74, 6) is 1.81. The maximum Gasteiger partial charge on any atom is 0.191 e. The van der Waals surface area contributed by atoms with Crippen LogP contribution >= 0.6 is 24.0 Å². The van der Waals surface area contributed by atoms with E-state index in [9.17, 15) is 0 Å². The Hall–Kier alpha value is -0.900. The molecule has 7 nitrogen and oxygen atoms in total. The number of rotatable bonds is 8. The lowest BCUT2D eigenvalue weighted by Gasteiger charge is -2.28. The summed E-state index contributed by atoms with van der Waals surface area (Å²) < 4.78 is 7.61. The minimum Gasteiger partial charge on any atom is -0.379 e. The topological polar surface area (TPSA) is 76.4 Å². The molecular formula is C16H33IN6O. The fraction of sp³-hybridized carbons (Fsp3) is 0.812. The first-order valence-electron chi connectivity index (χ1n) is 8.34. The average molecular weight is 452 g/mol. The van der Waals surface area contributed by atoms with Gasteiger partial charge in [-0.25, -0.2) is 0 Å². The first-order valence-corrected chi connectivity index (χ1v) is 8.34. The van der Waals surface area contributed by atoms with E-state index in [4.69, 9.17) is 4.74 Å². The molecule has 0 saturated carbocycles. The molecule has 0 aliphatic heterocycles. The van der Waals surface area contributed by atoms with Gasteiger partial charge in [-0.1, -0.05) is 27.7 Å². The predicted molar refractivity (Wildman–Crippen MR) is 109 cm³/mol. The second-order valence-corrected chi connectivity index (χ2v) is 6.53. The number of aromatic nitrogens is 3. The van der Waals surface area contributed by atoms with Crippen molar-refractivity contribution in [1.82, 2.24) is 25.4 Å². The number of nitrogens with zero attached hydrogens (tertiary/aromatic N) is 4. The van der Waals surface area contributed by atoms with Gasteiger partial charge in [0.15, 0.2) is 5.96 Å². The van der Waals surface area contributed by atoms with E-state index >= 15 is 0 Å². The molecule has 0 amide bonds. The largest absolute Gasteiger partial charge is 0.379 e. The molecule has 1 aromatic heterocycles. The third-order valence-corrected chi connectivity index (χ3v) is 3.67. The Labute approximate surface area is 163 Å². The van der Waals surface area contributed by atoms with Crippen molar-refractivity contribution in [3.05, 3.63) is 12.2 Å². The van der Waals surface area contributed by atoms with Gasteiger partial charge in [0, 0.05) is 33.2 Å². The second-order valence-electron chi connectivity index (χ2n) is 6.53. The highest BCUT2D eigenvalue weighted by atomic mass is 127. The smallest absolute Gasteiger partial charge is 0.191 e. The van der Waals surface area contributed by atoms with E-state index in [0.29, 0.717) is 6.54 Å². The van der Waals surface area contributed by atoms with Crippen LogP contribution in [0.5, 0.6) is 0 Å². The maximum atomic E-state index is 5.55. The fourth-order valence-electron chi connectivity index (χ4n) is 2.25. The average Bonchev–Trinajstić information content (AvgIpc) is 2.94. The van der Waals surface area contributed by atoms with Crippen LogP contribution in [0.25, 0.3) is 0 Å². The molecule has 1 rings (SSSR count). The van der Waals surface area contributed by atoms with Crippen molar-refractivity contribution < 1.29 is 4.74 Å². The molecule has 0 spiro atoms. The molecule has 1 aromatic rings. The van der Waals surface area contributed by atoms with Gasteiger partial charge in [0.2, 0.25) is 0 Å². The summed E-state index contributed by atoms with van der Waals surface area (Å²) in [6.45, 7) is 13.7. The number of halogens is 1. The standard InChI is InChI=1S/C16H32N6O.HI/c1-7-14-21-20-12-22(14)10-9-18-15(17-8-2)19-11-13(23-6)16(3,4)5;/h12-13H,7-11H2,1-6H3,(H2,17,18,19);1H. The molecule has 8 heteroatoms. The van der Waals surface area contributed by atoms with E-state index in [-0.39, 0.29) is 35.5 Å². The number of guanidine groups is 1. The Kier molecular flexibility index (Phi) is 11.2. The molecule has 1 unspecified atom stereocenters. The highest BCUT2D eigenvalue weighted by Gasteiger charge is 2.24. The van der Waals surface area contributed by atoms with Crippen LogP contribution in [0.2, 0.25) is 0 Å². The van der Waals surface area contributed by atoms with Crippen molar-refractivity contribution in [2.45, 2.75) is 53.7 Å². The molecular weight excluding hydrogens is 419 g/mol. The van der Waals surface area contributed by atoms with Crippen LogP contribution in [-0.2, 0) is 17.7 Å². The Morgan fingerprint density at radius 2 is 2.04 bits per heavy atom. The molecule has 0 bridgehead atoms. The van der Waals surface area contributed by atoms with E-state index in [2.05, 4.69) is 65.0 Å². The van der Waals surface area contributed by atoms with Gasteiger partial charge in [0.05, 0.1) is 12.6 Å². The van der Waals surface area contributed by atoms with Crippen LogP contribution in [0.3, 0.4) is 0 Å². The quantitative estimate of drug-likeness (QED) is 0.359. The van der Waals surface area contributed by atoms with Gasteiger partial charge >= 0.3 is 0 Å². The number of nitrogens with one attached hydrogen (secondary N) is 2. The third-order valence-electron chi connectivity index (χ3n) is 3.67. The minimum absolute atomic E-state index is 0. The number of hydrogen-bond acceptors (Lipinski definition) is 4. The van der Waals surface area contributed by atoms with Gasteiger partial charge in [-0.3, -0.25) is 4.99 Å². The summed E-state index contributed by atoms with van der Waals surface area (Å²) in [4.78, 5) is 4.64. The van der Waals surface area contributed by atoms with Gasteiger partial charge in [-0.05, 0) is 12.3 Å². The lowest BCUT2D eigenvalue weighted by molar-refractivity contribution is 0.0241. The van der Waals surface area contributed by atoms with Gasteiger partial charge in [0.1, 0.15) is 12.2 Å². The molecule has 0 aromatic carbocycles. The van der Waals surface area contributed by atoms with Crippen molar-refractivity contribution in [2.24, 2.45) is 10.4 Å². The molecule has 0 radical (unpaired) electrons. The van der Waals surface area contributed by atoms with Gasteiger partial charge in [-0.15, -0.1) is 34.2 Å². The van der Waals surface area contributed by atoms with E-state index in [1.807, 2.05) is 0 Å². The zero-order valence-electron chi connectivity index (χ0n) is 15.8. The molecule has 24 heavy (non-hydrogen) atoms. The number of aryl methyl sites for hydroxylation is 1. The summed E-state index contributed by atoms with van der Waals surface area (Å²) in [7, 11) is 1.74. The highest BCUT2D eigenvalue weighted by Crippen LogP contribution is 2.21. The number of aliphatic imine (C=N–C) groups is 1. The van der Waals surface area contributed by atoms with Crippen molar-refractivity contribution in [3.8, 4) is 0 Å². The summed E-state index contributed by atoms with van der Waals surface area (Å²) in [5.41, 5.74) is 0.0636. The predicted octanol–water partition coefficient (Wildman–Crippen LogP) is 2.07. The Balaban J connectivity index is 0.00000529. The number of methoxy groups -OCH3 is 1. The zero-order valence-corrected chi connectivity index (χ0v) is 18.1. The molecule has 0 aliphatic rings. The monoisotopic (exact) mass is 452 g/mol. The lowest BCUT2D eigenvalue weighted by Crippen LogP contribution is -2.40. The van der Waals surface area contributed by atoms with Crippen LogP contribution in [0, 0.1) is 5.41 Å². The molecule has 0 saturated heterocycles. The number of ether oxygens (including phenoxy) is 1. The molecule has 140 valence electrons. The lowest BCUT2D eigenvalue weighted by atomic mass is 9.89. The van der Waals surface area contributed by atoms with E-state index < -0.39 is 0 Å². The van der Waals surface area contributed by atoms with Crippen LogP contribution in [0.4, 0.5) is 0 Å². The van der Waals surface area contributed by atoms with E-state index in [0.717, 1.165) is 37.8 Å². The summed E-state index contributed by atoms with van der Waals surface area (Å²) in [6.07, 6.45) is 2.74. The van der Waals surface area contributed by atoms with Crippen LogP contribution in [0.1, 0.15) is 40.4 Å². The normalized spacial score (nSPS) is 13.3. The minimum atomic E-state index is 0. The fourth-order valence-corrected chi connectivity index (χ4v) is 2.25. The Morgan fingerprint density at radius 1 is 1.33 bits per heavy atom. The zero-order chi connectivity index (χ0) is 17.3. The van der Waals surface area contributed by atoms with Crippen LogP contribution in [0.15, 0.2) is 11.3 Å². The number of hydrogen-bond donors (Lipinski definition) is 2. The summed E-state index contributed by atoms with van der Waals surface area (Å²) >= 11 is 0. The third kappa shape index (κ3) is 7.78. The van der Waals surface area contributed by atoms with Crippen LogP contribution in [-0.4, -0.2) is 53.6 Å². The highest BCUT2D eigenvalue weighted by molar-refractivity contribution is 14.0. The van der Waals surface area contributed by atoms with Crippen molar-refractivity contribution in [3.63, 3.8) is 0 Å². The van der Waals surface area contributed by atoms with Gasteiger partial charge in [0.25, 0.3) is 0 Å².